The highest BCUT2D eigenvalue weighted by atomic mass is 32.1. The van der Waals surface area contributed by atoms with Gasteiger partial charge in [0.25, 0.3) is 0 Å². The first kappa shape index (κ1) is 29.9. The average molecular weight is 604 g/mol. The fourth-order valence-electron chi connectivity index (χ4n) is 4.11. The van der Waals surface area contributed by atoms with Gasteiger partial charge in [-0.3, -0.25) is 19.2 Å². The number of ether oxygens (including phenoxy) is 3. The number of benzene rings is 1. The van der Waals surface area contributed by atoms with Gasteiger partial charge < -0.3 is 24.4 Å². The summed E-state index contributed by atoms with van der Waals surface area (Å²) in [6.45, 7) is 0.110. The van der Waals surface area contributed by atoms with E-state index in [2.05, 4.69) is 4.98 Å². The number of Topliss-reactive ketones (excluding diaryl/α,β-unsaturated/α-hetero) is 2. The van der Waals surface area contributed by atoms with E-state index in [0.29, 0.717) is 39.4 Å². The first-order valence-corrected chi connectivity index (χ1v) is 14.1. The number of halogens is 1. The molecule has 0 fully saturated rings. The molecule has 1 aromatic carbocycles. The van der Waals surface area contributed by atoms with E-state index in [-0.39, 0.29) is 65.6 Å². The third-order valence-electron chi connectivity index (χ3n) is 6.15. The second-order valence-corrected chi connectivity index (χ2v) is 11.1. The molecule has 0 aliphatic rings. The molecule has 0 bridgehead atoms. The third-order valence-corrected chi connectivity index (χ3v) is 8.39. The van der Waals surface area contributed by atoms with E-state index in [9.17, 15) is 19.2 Å². The highest BCUT2D eigenvalue weighted by molar-refractivity contribution is 7.21. The summed E-state index contributed by atoms with van der Waals surface area (Å²) in [6, 6.07) is 6.40. The van der Waals surface area contributed by atoms with Gasteiger partial charge in [0.15, 0.2) is 28.9 Å². The number of carbonyl (C=O) groups is 4. The molecule has 0 aliphatic carbocycles. The Morgan fingerprint density at radius 3 is 2.02 bits per heavy atom. The number of carboxylic acids is 2. The van der Waals surface area contributed by atoms with E-state index in [1.807, 2.05) is 0 Å². The number of hydrogen-bond acceptors (Lipinski definition) is 10. The number of nitrogens with zero attached hydrogens (tertiary/aromatic N) is 1. The van der Waals surface area contributed by atoms with Crippen LogP contribution in [0.4, 0.5) is 4.39 Å². The summed E-state index contributed by atoms with van der Waals surface area (Å²) in [6.07, 6.45) is 0.0329. The summed E-state index contributed by atoms with van der Waals surface area (Å²) in [4.78, 5) is 51.6. The van der Waals surface area contributed by atoms with E-state index in [0.717, 1.165) is 16.0 Å². The highest BCUT2D eigenvalue weighted by Gasteiger charge is 2.21. The molecular weight excluding hydrogens is 577 g/mol. The van der Waals surface area contributed by atoms with Crippen LogP contribution in [0.25, 0.3) is 20.3 Å². The summed E-state index contributed by atoms with van der Waals surface area (Å²) in [5.41, 5.74) is 1.21. The molecular formula is C28H26FNO9S2. The predicted octanol–water partition coefficient (Wildman–Crippen LogP) is 5.77. The number of ketones is 2. The topological polar surface area (TPSA) is 149 Å². The smallest absolute Gasteiger partial charge is 0.303 e. The Morgan fingerprint density at radius 1 is 0.829 bits per heavy atom. The number of hydrogen-bond donors (Lipinski definition) is 2. The standard InChI is InChI=1S/C28H26FNO9S2/c1-37-19-12-22-16(11-24(41-22)18(32)6-8-26(35)36)30-15(19)4-3-9-39-28-20(38-2)13-21-14(27(28)29)10-23(40-21)17(31)5-7-25(33)34/h10-13H,3-9H2,1-2H3,(H,33,34)(H,35,36). The molecule has 2 N–H and O–H groups in total. The van der Waals surface area contributed by atoms with Crippen molar-refractivity contribution < 1.29 is 48.0 Å². The molecule has 0 saturated heterocycles. The number of carboxylic acid groups (broad SMARTS) is 2. The minimum atomic E-state index is -1.08. The van der Waals surface area contributed by atoms with Gasteiger partial charge in [0.1, 0.15) is 5.75 Å². The Morgan fingerprint density at radius 2 is 1.41 bits per heavy atom. The summed E-state index contributed by atoms with van der Waals surface area (Å²) in [7, 11) is 2.89. The van der Waals surface area contributed by atoms with Crippen molar-refractivity contribution in [3.8, 4) is 17.2 Å². The van der Waals surface area contributed by atoms with E-state index in [4.69, 9.17) is 24.4 Å². The molecule has 41 heavy (non-hydrogen) atoms. The molecule has 13 heteroatoms. The normalized spacial score (nSPS) is 11.1. The predicted molar refractivity (Wildman–Crippen MR) is 151 cm³/mol. The van der Waals surface area contributed by atoms with Gasteiger partial charge in [-0.05, 0) is 25.0 Å². The Kier molecular flexibility index (Phi) is 9.50. The van der Waals surface area contributed by atoms with E-state index < -0.39 is 17.8 Å². The molecule has 0 radical (unpaired) electrons. The number of pyridine rings is 1. The van der Waals surface area contributed by atoms with Crippen molar-refractivity contribution in [2.24, 2.45) is 0 Å². The number of rotatable bonds is 15. The highest BCUT2D eigenvalue weighted by Crippen LogP contribution is 2.40. The van der Waals surface area contributed by atoms with Crippen LogP contribution in [0, 0.1) is 5.82 Å². The van der Waals surface area contributed by atoms with E-state index in [1.54, 1.807) is 18.2 Å². The number of carbonyl (C=O) groups excluding carboxylic acids is 2. The molecule has 0 unspecified atom stereocenters. The molecule has 0 aliphatic heterocycles. The molecule has 4 aromatic rings. The fraction of sp³-hybridized carbons (Fsp3) is 0.321. The van der Waals surface area contributed by atoms with Gasteiger partial charge in [-0.2, -0.15) is 0 Å². The van der Waals surface area contributed by atoms with Gasteiger partial charge in [-0.1, -0.05) is 0 Å². The zero-order valence-electron chi connectivity index (χ0n) is 22.2. The van der Waals surface area contributed by atoms with Crippen LogP contribution in [0.15, 0.2) is 24.3 Å². The Balaban J connectivity index is 1.46. The van der Waals surface area contributed by atoms with Gasteiger partial charge in [-0.25, -0.2) is 9.37 Å². The minimum absolute atomic E-state index is 0.0942. The average Bonchev–Trinajstić information content (AvgIpc) is 3.57. The number of aromatic nitrogens is 1. The molecule has 3 aromatic heterocycles. The molecule has 4 rings (SSSR count). The Bertz CT molecular complexity index is 1640. The lowest BCUT2D eigenvalue weighted by molar-refractivity contribution is -0.137. The lowest BCUT2D eigenvalue weighted by Crippen LogP contribution is -2.04. The number of methoxy groups -OCH3 is 2. The van der Waals surface area contributed by atoms with Gasteiger partial charge in [0.05, 0.1) is 59.3 Å². The SMILES string of the molecule is COc1cc2sc(C(=O)CCC(=O)O)cc2nc1CCCOc1c(OC)cc2sc(C(=O)CCC(=O)O)cc2c1F. The number of fused-ring (bicyclic) bond motifs is 2. The second kappa shape index (κ2) is 13.0. The Hall–Kier alpha value is -4.10. The lowest BCUT2D eigenvalue weighted by atomic mass is 10.1. The number of thiophene rings is 2. The van der Waals surface area contributed by atoms with Gasteiger partial charge in [-0.15, -0.1) is 22.7 Å². The third kappa shape index (κ3) is 6.98. The molecule has 0 spiro atoms. The zero-order chi connectivity index (χ0) is 29.7. The van der Waals surface area contributed by atoms with Crippen molar-refractivity contribution in [2.75, 3.05) is 20.8 Å². The van der Waals surface area contributed by atoms with Crippen molar-refractivity contribution in [3.05, 3.63) is 45.5 Å². The molecule has 216 valence electrons. The van der Waals surface area contributed by atoms with Crippen molar-refractivity contribution in [1.82, 2.24) is 4.98 Å². The summed E-state index contributed by atoms with van der Waals surface area (Å²) in [5.74, 6) is -2.86. The summed E-state index contributed by atoms with van der Waals surface area (Å²) < 4.78 is 33.2. The number of aliphatic carboxylic acids is 2. The maximum Gasteiger partial charge on any atom is 0.303 e. The molecule has 10 nitrogen and oxygen atoms in total. The maximum atomic E-state index is 15.4. The minimum Gasteiger partial charge on any atom is -0.495 e. The molecule has 0 amide bonds. The largest absolute Gasteiger partial charge is 0.495 e. The van der Waals surface area contributed by atoms with Crippen LogP contribution in [0.2, 0.25) is 0 Å². The van der Waals surface area contributed by atoms with Crippen molar-refractivity contribution in [3.63, 3.8) is 0 Å². The van der Waals surface area contributed by atoms with E-state index >= 15 is 4.39 Å². The number of aryl methyl sites for hydroxylation is 1. The monoisotopic (exact) mass is 603 g/mol. The van der Waals surface area contributed by atoms with Crippen molar-refractivity contribution in [2.45, 2.75) is 38.5 Å². The maximum absolute atomic E-state index is 15.4. The van der Waals surface area contributed by atoms with Crippen LogP contribution >= 0.6 is 22.7 Å². The zero-order valence-corrected chi connectivity index (χ0v) is 23.8. The van der Waals surface area contributed by atoms with Gasteiger partial charge >= 0.3 is 11.9 Å². The second-order valence-electron chi connectivity index (χ2n) is 8.96. The van der Waals surface area contributed by atoms with Crippen LogP contribution < -0.4 is 14.2 Å². The first-order chi connectivity index (χ1) is 19.6. The lowest BCUT2D eigenvalue weighted by Gasteiger charge is -2.13. The van der Waals surface area contributed by atoms with E-state index in [1.165, 1.54) is 31.6 Å². The van der Waals surface area contributed by atoms with Gasteiger partial charge in [0, 0.05) is 35.1 Å². The molecule has 0 atom stereocenters. The quantitative estimate of drug-likeness (QED) is 0.127. The van der Waals surface area contributed by atoms with Crippen LogP contribution in [-0.2, 0) is 16.0 Å². The van der Waals surface area contributed by atoms with Crippen LogP contribution in [0.1, 0.15) is 57.1 Å². The summed E-state index contributed by atoms with van der Waals surface area (Å²) in [5, 5.41) is 17.8. The molecule has 0 saturated carbocycles. The van der Waals surface area contributed by atoms with Crippen molar-refractivity contribution in [1.29, 1.82) is 0 Å². The van der Waals surface area contributed by atoms with Crippen LogP contribution in [0.3, 0.4) is 0 Å². The van der Waals surface area contributed by atoms with Crippen molar-refractivity contribution >= 4 is 66.5 Å². The first-order valence-electron chi connectivity index (χ1n) is 12.5. The summed E-state index contributed by atoms with van der Waals surface area (Å²) >= 11 is 2.28. The van der Waals surface area contributed by atoms with Crippen LogP contribution in [0.5, 0.6) is 17.2 Å². The van der Waals surface area contributed by atoms with Gasteiger partial charge in [0.2, 0.25) is 0 Å². The van der Waals surface area contributed by atoms with Crippen LogP contribution in [-0.4, -0.2) is 59.5 Å². The fourth-order valence-corrected chi connectivity index (χ4v) is 6.16. The Labute approximate surface area is 241 Å². The molecule has 3 heterocycles.